The van der Waals surface area contributed by atoms with Gasteiger partial charge in [-0.1, -0.05) is 29.2 Å². The van der Waals surface area contributed by atoms with E-state index in [1.165, 1.54) is 34.4 Å². The fourth-order valence-corrected chi connectivity index (χ4v) is 4.87. The van der Waals surface area contributed by atoms with Crippen molar-refractivity contribution in [3.63, 3.8) is 0 Å². The largest absolute Gasteiger partial charge is 0.466 e. The van der Waals surface area contributed by atoms with Crippen LogP contribution >= 0.6 is 34.4 Å². The fraction of sp³-hybridized carbons (Fsp3) is 0.333. The monoisotopic (exact) mass is 479 g/mol. The summed E-state index contributed by atoms with van der Waals surface area (Å²) < 4.78 is 6.77. The molecule has 3 N–H and O–H groups in total. The van der Waals surface area contributed by atoms with Crippen molar-refractivity contribution < 1.29 is 14.3 Å². The molecule has 0 bridgehead atoms. The Kier molecular flexibility index (Phi) is 7.76. The van der Waals surface area contributed by atoms with Crippen LogP contribution in [0.2, 0.25) is 0 Å². The maximum absolute atomic E-state index is 12.4. The molecule has 10 nitrogen and oxygen atoms in total. The molecule has 0 saturated heterocycles. The molecule has 0 aromatic carbocycles. The van der Waals surface area contributed by atoms with Gasteiger partial charge >= 0.3 is 5.97 Å². The van der Waals surface area contributed by atoms with E-state index in [1.54, 1.807) is 18.4 Å². The number of nitrogen functional groups attached to an aromatic ring is 1. The van der Waals surface area contributed by atoms with Gasteiger partial charge in [0.05, 0.1) is 35.0 Å². The molecule has 0 aliphatic rings. The summed E-state index contributed by atoms with van der Waals surface area (Å²) in [6.07, 6.45) is 1.81. The summed E-state index contributed by atoms with van der Waals surface area (Å²) in [5.74, 6) is 0.163. The van der Waals surface area contributed by atoms with Gasteiger partial charge < -0.3 is 15.8 Å². The molecule has 0 radical (unpaired) electrons. The van der Waals surface area contributed by atoms with Crippen molar-refractivity contribution in [1.82, 2.24) is 24.7 Å². The van der Waals surface area contributed by atoms with Crippen LogP contribution in [0.5, 0.6) is 0 Å². The highest BCUT2D eigenvalue weighted by molar-refractivity contribution is 7.99. The highest BCUT2D eigenvalue weighted by Crippen LogP contribution is 2.32. The Balaban J connectivity index is 1.63. The molecule has 0 fully saturated rings. The molecule has 13 heteroatoms. The van der Waals surface area contributed by atoms with Gasteiger partial charge in [0.25, 0.3) is 0 Å². The van der Waals surface area contributed by atoms with E-state index in [2.05, 4.69) is 32.1 Å². The standard InChI is InChI=1S/C18H21N7O3S3/c1-4-6-25-15(14-10(3)20-16(19)31-14)23-24-18(25)30-9-12(26)22-17-21-11(8-29-17)7-13(27)28-5-2/h4,8H,1,5-7,9H2,2-3H3,(H2,19,20)(H,21,22,26). The minimum Gasteiger partial charge on any atom is -0.466 e. The number of carbonyl (C=O) groups excluding carboxylic acids is 2. The number of hydrogen-bond donors (Lipinski definition) is 2. The molecule has 0 saturated carbocycles. The molecular weight excluding hydrogens is 458 g/mol. The Labute approximate surface area is 191 Å². The second kappa shape index (κ2) is 10.5. The average Bonchev–Trinajstić information content (AvgIpc) is 3.40. The number of nitrogens with one attached hydrogen (secondary N) is 1. The molecule has 0 unspecified atom stereocenters. The third kappa shape index (κ3) is 5.89. The smallest absolute Gasteiger partial charge is 0.311 e. The van der Waals surface area contributed by atoms with Crippen LogP contribution in [0.25, 0.3) is 10.7 Å². The zero-order valence-electron chi connectivity index (χ0n) is 17.0. The first kappa shape index (κ1) is 22.9. The van der Waals surface area contributed by atoms with Crippen LogP contribution in [0.3, 0.4) is 0 Å². The zero-order valence-corrected chi connectivity index (χ0v) is 19.4. The van der Waals surface area contributed by atoms with Crippen LogP contribution < -0.4 is 11.1 Å². The molecule has 31 heavy (non-hydrogen) atoms. The van der Waals surface area contributed by atoms with Crippen LogP contribution in [-0.2, 0) is 27.3 Å². The minimum atomic E-state index is -0.350. The third-order valence-corrected chi connectivity index (χ3v) is 6.56. The van der Waals surface area contributed by atoms with E-state index in [1.807, 2.05) is 11.5 Å². The van der Waals surface area contributed by atoms with Crippen molar-refractivity contribution in [2.24, 2.45) is 0 Å². The minimum absolute atomic E-state index is 0.0733. The Morgan fingerprint density at radius 3 is 2.87 bits per heavy atom. The maximum Gasteiger partial charge on any atom is 0.311 e. The quantitative estimate of drug-likeness (QED) is 0.255. The number of esters is 1. The van der Waals surface area contributed by atoms with Crippen molar-refractivity contribution in [1.29, 1.82) is 0 Å². The molecule has 0 spiro atoms. The number of carbonyl (C=O) groups is 2. The molecule has 0 aliphatic carbocycles. The normalized spacial score (nSPS) is 10.8. The van der Waals surface area contributed by atoms with E-state index < -0.39 is 0 Å². The summed E-state index contributed by atoms with van der Waals surface area (Å²) >= 11 is 3.84. The van der Waals surface area contributed by atoms with Crippen molar-refractivity contribution in [3.8, 4) is 10.7 Å². The fourth-order valence-electron chi connectivity index (χ4n) is 2.57. The number of rotatable bonds is 10. The van der Waals surface area contributed by atoms with E-state index in [4.69, 9.17) is 10.5 Å². The van der Waals surface area contributed by atoms with Gasteiger partial charge in [0.15, 0.2) is 21.2 Å². The average molecular weight is 480 g/mol. The number of nitrogens with zero attached hydrogens (tertiary/aromatic N) is 5. The number of thiazole rings is 2. The van der Waals surface area contributed by atoms with Gasteiger partial charge in [-0.15, -0.1) is 28.1 Å². The molecule has 0 atom stereocenters. The predicted molar refractivity (Wildman–Crippen MR) is 122 cm³/mol. The lowest BCUT2D eigenvalue weighted by Gasteiger charge is -2.07. The topological polar surface area (TPSA) is 138 Å². The van der Waals surface area contributed by atoms with Crippen molar-refractivity contribution in [3.05, 3.63) is 29.4 Å². The molecule has 3 aromatic heterocycles. The molecular formula is C18H21N7O3S3. The first-order valence-corrected chi connectivity index (χ1v) is 11.9. The van der Waals surface area contributed by atoms with E-state index >= 15 is 0 Å². The molecule has 164 valence electrons. The van der Waals surface area contributed by atoms with Gasteiger partial charge in [0, 0.05) is 11.9 Å². The zero-order chi connectivity index (χ0) is 22.4. The molecule has 3 rings (SSSR count). The second-order valence-electron chi connectivity index (χ2n) is 6.13. The predicted octanol–water partition coefficient (Wildman–Crippen LogP) is 2.77. The van der Waals surface area contributed by atoms with Gasteiger partial charge in [-0.25, -0.2) is 9.97 Å². The van der Waals surface area contributed by atoms with E-state index in [0.717, 1.165) is 10.6 Å². The lowest BCUT2D eigenvalue weighted by molar-refractivity contribution is -0.142. The third-order valence-electron chi connectivity index (χ3n) is 3.81. The summed E-state index contributed by atoms with van der Waals surface area (Å²) in [6, 6.07) is 0. The van der Waals surface area contributed by atoms with Crippen molar-refractivity contribution in [2.45, 2.75) is 32.0 Å². The first-order valence-electron chi connectivity index (χ1n) is 9.21. The summed E-state index contributed by atoms with van der Waals surface area (Å²) in [7, 11) is 0. The number of anilines is 2. The number of thioether (sulfide) groups is 1. The van der Waals surface area contributed by atoms with E-state index in [0.29, 0.717) is 40.1 Å². The number of hydrogen-bond acceptors (Lipinski definition) is 11. The van der Waals surface area contributed by atoms with Gasteiger partial charge in [0.2, 0.25) is 5.91 Å². The molecule has 0 aliphatic heterocycles. The van der Waals surface area contributed by atoms with Gasteiger partial charge in [0.1, 0.15) is 0 Å². The Hall–Kier alpha value is -2.77. The van der Waals surface area contributed by atoms with E-state index in [9.17, 15) is 9.59 Å². The Morgan fingerprint density at radius 1 is 1.39 bits per heavy atom. The highest BCUT2D eigenvalue weighted by atomic mass is 32.2. The maximum atomic E-state index is 12.4. The van der Waals surface area contributed by atoms with Crippen LogP contribution in [0, 0.1) is 6.92 Å². The van der Waals surface area contributed by atoms with E-state index in [-0.39, 0.29) is 24.1 Å². The second-order valence-corrected chi connectivity index (χ2v) is 8.97. The highest BCUT2D eigenvalue weighted by Gasteiger charge is 2.19. The van der Waals surface area contributed by atoms with Crippen LogP contribution in [-0.4, -0.2) is 49.0 Å². The van der Waals surface area contributed by atoms with Gasteiger partial charge in [-0.2, -0.15) is 0 Å². The first-order chi connectivity index (χ1) is 14.9. The van der Waals surface area contributed by atoms with Crippen LogP contribution in [0.15, 0.2) is 23.2 Å². The summed E-state index contributed by atoms with van der Waals surface area (Å²) in [6.45, 7) is 8.19. The Morgan fingerprint density at radius 2 is 2.19 bits per heavy atom. The number of ether oxygens (including phenoxy) is 1. The van der Waals surface area contributed by atoms with Crippen molar-refractivity contribution >= 4 is 56.6 Å². The molecule has 3 aromatic rings. The van der Waals surface area contributed by atoms with Crippen LogP contribution in [0.4, 0.5) is 10.3 Å². The van der Waals surface area contributed by atoms with Crippen LogP contribution in [0.1, 0.15) is 18.3 Å². The summed E-state index contributed by atoms with van der Waals surface area (Å²) in [5, 5.41) is 14.4. The lowest BCUT2D eigenvalue weighted by atomic mass is 10.3. The SMILES string of the molecule is C=CCn1c(SCC(=O)Nc2nc(CC(=O)OCC)cs2)nnc1-c1sc(N)nc1C. The lowest BCUT2D eigenvalue weighted by Crippen LogP contribution is -2.15. The summed E-state index contributed by atoms with van der Waals surface area (Å²) in [4.78, 5) is 33.2. The van der Waals surface area contributed by atoms with Gasteiger partial charge in [-0.05, 0) is 13.8 Å². The number of amides is 1. The number of allylic oxidation sites excluding steroid dienone is 1. The summed E-state index contributed by atoms with van der Waals surface area (Å²) in [5.41, 5.74) is 7.14. The number of nitrogens with two attached hydrogens (primary N) is 1. The van der Waals surface area contributed by atoms with Gasteiger partial charge in [-0.3, -0.25) is 14.2 Å². The number of aromatic nitrogens is 5. The molecule has 1 amide bonds. The molecule has 3 heterocycles. The van der Waals surface area contributed by atoms with Crippen molar-refractivity contribution in [2.75, 3.05) is 23.4 Å². The number of aryl methyl sites for hydroxylation is 1. The Bertz CT molecular complexity index is 1090.